The molecule has 0 saturated carbocycles. The van der Waals surface area contributed by atoms with Gasteiger partial charge in [-0.1, -0.05) is 19.1 Å². The molecule has 2 atom stereocenters. The highest BCUT2D eigenvalue weighted by Gasteiger charge is 2.33. The Morgan fingerprint density at radius 2 is 2.09 bits per heavy atom. The number of rotatable bonds is 11. The van der Waals surface area contributed by atoms with Crippen molar-refractivity contribution in [1.29, 1.82) is 0 Å². The predicted octanol–water partition coefficient (Wildman–Crippen LogP) is 3.38. The normalized spacial score (nSPS) is 18.9. The number of hydrogen-bond acceptors (Lipinski definition) is 6. The number of pyridine rings is 2. The molecule has 3 rings (SSSR count). The third-order valence-corrected chi connectivity index (χ3v) is 6.62. The van der Waals surface area contributed by atoms with Crippen molar-refractivity contribution in [3.8, 4) is 0 Å². The van der Waals surface area contributed by atoms with Crippen molar-refractivity contribution in [3.05, 3.63) is 54.0 Å². The SMILES string of the molecule is CCN(CCCN(C)c1cccc(C(=O)NCc2cccnc2)n1)C1CCN(C(C)C)CC1F. The minimum atomic E-state index is -0.808. The maximum Gasteiger partial charge on any atom is 0.270 e. The lowest BCUT2D eigenvalue weighted by molar-refractivity contribution is 0.0244. The summed E-state index contributed by atoms with van der Waals surface area (Å²) < 4.78 is 14.9. The van der Waals surface area contributed by atoms with E-state index in [0.717, 1.165) is 50.4 Å². The number of nitrogens with one attached hydrogen (secondary N) is 1. The third kappa shape index (κ3) is 7.21. The molecule has 3 heterocycles. The van der Waals surface area contributed by atoms with Gasteiger partial charge in [0.05, 0.1) is 0 Å². The monoisotopic (exact) mass is 470 g/mol. The van der Waals surface area contributed by atoms with E-state index in [1.807, 2.05) is 31.3 Å². The van der Waals surface area contributed by atoms with Crippen molar-refractivity contribution in [3.63, 3.8) is 0 Å². The Kier molecular flexibility index (Phi) is 9.77. The van der Waals surface area contributed by atoms with E-state index in [1.165, 1.54) is 0 Å². The van der Waals surface area contributed by atoms with Gasteiger partial charge in [-0.15, -0.1) is 0 Å². The third-order valence-electron chi connectivity index (χ3n) is 6.62. The smallest absolute Gasteiger partial charge is 0.270 e. The molecular formula is C26H39FN6O. The second-order valence-electron chi connectivity index (χ2n) is 9.29. The van der Waals surface area contributed by atoms with Crippen LogP contribution in [0.1, 0.15) is 49.7 Å². The van der Waals surface area contributed by atoms with Gasteiger partial charge in [0.2, 0.25) is 0 Å². The topological polar surface area (TPSA) is 64.6 Å². The summed E-state index contributed by atoms with van der Waals surface area (Å²) >= 11 is 0. The quantitative estimate of drug-likeness (QED) is 0.543. The van der Waals surface area contributed by atoms with Crippen LogP contribution in [-0.2, 0) is 6.54 Å². The molecule has 1 aliphatic heterocycles. The van der Waals surface area contributed by atoms with Crippen LogP contribution >= 0.6 is 0 Å². The fourth-order valence-corrected chi connectivity index (χ4v) is 4.52. The van der Waals surface area contributed by atoms with Crippen LogP contribution in [0.3, 0.4) is 0 Å². The minimum absolute atomic E-state index is 0.00438. The number of carbonyl (C=O) groups is 1. The molecule has 0 aliphatic carbocycles. The van der Waals surface area contributed by atoms with E-state index in [9.17, 15) is 9.18 Å². The zero-order chi connectivity index (χ0) is 24.5. The number of piperidine rings is 1. The molecule has 0 spiro atoms. The van der Waals surface area contributed by atoms with Crippen molar-refractivity contribution >= 4 is 11.7 Å². The molecule has 2 unspecified atom stereocenters. The molecule has 7 nitrogen and oxygen atoms in total. The Labute approximate surface area is 203 Å². The summed E-state index contributed by atoms with van der Waals surface area (Å²) in [5.41, 5.74) is 1.33. The maximum absolute atomic E-state index is 14.9. The van der Waals surface area contributed by atoms with Crippen LogP contribution in [0, 0.1) is 0 Å². The van der Waals surface area contributed by atoms with E-state index in [1.54, 1.807) is 18.5 Å². The Balaban J connectivity index is 1.48. The molecule has 0 radical (unpaired) electrons. The van der Waals surface area contributed by atoms with E-state index >= 15 is 0 Å². The number of hydrogen-bond donors (Lipinski definition) is 1. The number of anilines is 1. The molecule has 2 aromatic heterocycles. The zero-order valence-corrected chi connectivity index (χ0v) is 21.0. The number of amides is 1. The molecule has 186 valence electrons. The van der Waals surface area contributed by atoms with E-state index < -0.39 is 6.17 Å². The number of aromatic nitrogens is 2. The number of nitrogens with zero attached hydrogens (tertiary/aromatic N) is 5. The van der Waals surface area contributed by atoms with Crippen LogP contribution in [-0.4, -0.2) is 83.7 Å². The van der Waals surface area contributed by atoms with Crippen LogP contribution < -0.4 is 10.2 Å². The van der Waals surface area contributed by atoms with Crippen LogP contribution in [0.4, 0.5) is 10.2 Å². The van der Waals surface area contributed by atoms with Gasteiger partial charge in [-0.3, -0.25) is 19.6 Å². The Morgan fingerprint density at radius 3 is 2.76 bits per heavy atom. The first-order valence-corrected chi connectivity index (χ1v) is 12.4. The number of halogens is 1. The first-order chi connectivity index (χ1) is 16.4. The first-order valence-electron chi connectivity index (χ1n) is 12.4. The molecule has 1 aliphatic rings. The average molecular weight is 471 g/mol. The predicted molar refractivity (Wildman–Crippen MR) is 135 cm³/mol. The Morgan fingerprint density at radius 1 is 1.26 bits per heavy atom. The summed E-state index contributed by atoms with van der Waals surface area (Å²) in [6, 6.07) is 9.64. The summed E-state index contributed by atoms with van der Waals surface area (Å²) in [5, 5.41) is 2.89. The van der Waals surface area contributed by atoms with Crippen molar-refractivity contribution in [2.45, 2.75) is 58.4 Å². The lowest BCUT2D eigenvalue weighted by atomic mass is 9.99. The summed E-state index contributed by atoms with van der Waals surface area (Å²) in [4.78, 5) is 27.7. The van der Waals surface area contributed by atoms with Gasteiger partial charge in [0.1, 0.15) is 17.7 Å². The molecule has 0 bridgehead atoms. The van der Waals surface area contributed by atoms with Gasteiger partial charge in [-0.2, -0.15) is 0 Å². The van der Waals surface area contributed by atoms with Crippen LogP contribution in [0.15, 0.2) is 42.7 Å². The second kappa shape index (κ2) is 12.8. The number of likely N-dealkylation sites (tertiary alicyclic amines) is 1. The standard InChI is InChI=1S/C26H39FN6O/c1-5-32(24-12-16-33(20(2)3)19-22(24)27)15-8-14-31(4)25-11-6-10-23(30-25)26(34)29-18-21-9-7-13-28-17-21/h6-7,9-11,13,17,20,22,24H,5,8,12,14-16,18-19H2,1-4H3,(H,29,34). The van der Waals surface area contributed by atoms with Gasteiger partial charge in [-0.25, -0.2) is 9.37 Å². The molecule has 1 fully saturated rings. The highest BCUT2D eigenvalue weighted by atomic mass is 19.1. The van der Waals surface area contributed by atoms with Crippen molar-refractivity contribution in [2.24, 2.45) is 0 Å². The summed E-state index contributed by atoms with van der Waals surface area (Å²) in [6.07, 6.45) is 4.41. The highest BCUT2D eigenvalue weighted by Crippen LogP contribution is 2.22. The molecule has 1 saturated heterocycles. The largest absolute Gasteiger partial charge is 0.360 e. The van der Waals surface area contributed by atoms with E-state index in [4.69, 9.17) is 0 Å². The molecule has 8 heteroatoms. The fourth-order valence-electron chi connectivity index (χ4n) is 4.52. The molecule has 34 heavy (non-hydrogen) atoms. The zero-order valence-electron chi connectivity index (χ0n) is 21.0. The lowest BCUT2D eigenvalue weighted by Crippen LogP contribution is -2.54. The van der Waals surface area contributed by atoms with Crippen molar-refractivity contribution in [2.75, 3.05) is 44.7 Å². The van der Waals surface area contributed by atoms with Gasteiger partial charge in [-0.05, 0) is 57.0 Å². The minimum Gasteiger partial charge on any atom is -0.360 e. The average Bonchev–Trinajstić information content (AvgIpc) is 2.86. The first kappa shape index (κ1) is 26.0. The summed E-state index contributed by atoms with van der Waals surface area (Å²) in [5.74, 6) is 0.545. The van der Waals surface area contributed by atoms with E-state index in [2.05, 4.69) is 50.8 Å². The maximum atomic E-state index is 14.9. The fraction of sp³-hybridized carbons (Fsp3) is 0.577. The molecular weight excluding hydrogens is 431 g/mol. The summed E-state index contributed by atoms with van der Waals surface area (Å²) in [6.45, 7) is 10.7. The van der Waals surface area contributed by atoms with Crippen molar-refractivity contribution in [1.82, 2.24) is 25.1 Å². The van der Waals surface area contributed by atoms with Gasteiger partial charge >= 0.3 is 0 Å². The number of carbonyl (C=O) groups excluding carboxylic acids is 1. The molecule has 1 N–H and O–H groups in total. The molecule has 0 aromatic carbocycles. The molecule has 1 amide bonds. The van der Waals surface area contributed by atoms with Gasteiger partial charge in [0.25, 0.3) is 5.91 Å². The van der Waals surface area contributed by atoms with Gasteiger partial charge in [0.15, 0.2) is 0 Å². The highest BCUT2D eigenvalue weighted by molar-refractivity contribution is 5.92. The Bertz CT molecular complexity index is 896. The van der Waals surface area contributed by atoms with E-state index in [-0.39, 0.29) is 11.9 Å². The van der Waals surface area contributed by atoms with Crippen LogP contribution in [0.5, 0.6) is 0 Å². The van der Waals surface area contributed by atoms with Gasteiger partial charge in [0, 0.05) is 64.2 Å². The van der Waals surface area contributed by atoms with E-state index in [0.29, 0.717) is 24.8 Å². The van der Waals surface area contributed by atoms with Crippen molar-refractivity contribution < 1.29 is 9.18 Å². The second-order valence-corrected chi connectivity index (χ2v) is 9.29. The summed E-state index contributed by atoms with van der Waals surface area (Å²) in [7, 11) is 1.98. The Hall–Kier alpha value is -2.58. The van der Waals surface area contributed by atoms with Gasteiger partial charge < -0.3 is 10.2 Å². The van der Waals surface area contributed by atoms with Crippen LogP contribution in [0.25, 0.3) is 0 Å². The lowest BCUT2D eigenvalue weighted by Gasteiger charge is -2.42. The number of alkyl halides is 1. The van der Waals surface area contributed by atoms with Crippen LogP contribution in [0.2, 0.25) is 0 Å². The molecule has 2 aromatic rings.